The van der Waals surface area contributed by atoms with E-state index in [1.807, 2.05) is 25.1 Å². The van der Waals surface area contributed by atoms with Gasteiger partial charge in [-0.1, -0.05) is 12.1 Å². The molecule has 4 N–H and O–H groups in total. The van der Waals surface area contributed by atoms with E-state index in [2.05, 4.69) is 0 Å². The van der Waals surface area contributed by atoms with Crippen molar-refractivity contribution in [2.45, 2.75) is 24.3 Å². The molecule has 0 saturated carbocycles. The summed E-state index contributed by atoms with van der Waals surface area (Å²) in [7, 11) is 0. The monoisotopic (exact) mass is 241 g/mol. The number of hydrogen-bond donors (Lipinski definition) is 3. The first-order valence-electron chi connectivity index (χ1n) is 4.88. The SMILES string of the molecule is Cc1cccc(SCC(O)CC(=O)O)c1N. The summed E-state index contributed by atoms with van der Waals surface area (Å²) in [6.07, 6.45) is -1.08. The minimum absolute atomic E-state index is 0.237. The van der Waals surface area contributed by atoms with Crippen LogP contribution in [0.15, 0.2) is 23.1 Å². The van der Waals surface area contributed by atoms with E-state index in [1.165, 1.54) is 11.8 Å². The fourth-order valence-corrected chi connectivity index (χ4v) is 2.21. The van der Waals surface area contributed by atoms with Crippen molar-refractivity contribution in [3.05, 3.63) is 23.8 Å². The molecule has 0 spiro atoms. The average molecular weight is 241 g/mol. The first-order valence-corrected chi connectivity index (χ1v) is 5.87. The number of benzene rings is 1. The normalized spacial score (nSPS) is 12.4. The average Bonchev–Trinajstić information content (AvgIpc) is 2.19. The summed E-state index contributed by atoms with van der Waals surface area (Å²) in [4.78, 5) is 11.2. The molecule has 1 atom stereocenters. The highest BCUT2D eigenvalue weighted by molar-refractivity contribution is 7.99. The number of nitrogens with two attached hydrogens (primary N) is 1. The van der Waals surface area contributed by atoms with Gasteiger partial charge in [0, 0.05) is 16.3 Å². The third-order valence-electron chi connectivity index (χ3n) is 2.13. The van der Waals surface area contributed by atoms with Crippen LogP contribution < -0.4 is 5.73 Å². The van der Waals surface area contributed by atoms with Gasteiger partial charge in [0.1, 0.15) is 0 Å². The molecule has 0 heterocycles. The molecule has 0 saturated heterocycles. The van der Waals surface area contributed by atoms with Gasteiger partial charge in [-0.15, -0.1) is 11.8 Å². The van der Waals surface area contributed by atoms with E-state index in [0.717, 1.165) is 10.5 Å². The lowest BCUT2D eigenvalue weighted by Gasteiger charge is -2.10. The van der Waals surface area contributed by atoms with E-state index in [-0.39, 0.29) is 6.42 Å². The van der Waals surface area contributed by atoms with Gasteiger partial charge in [0.15, 0.2) is 0 Å². The first kappa shape index (κ1) is 12.9. The number of nitrogen functional groups attached to an aromatic ring is 1. The molecule has 0 radical (unpaired) electrons. The number of anilines is 1. The minimum atomic E-state index is -0.995. The van der Waals surface area contributed by atoms with E-state index < -0.39 is 12.1 Å². The standard InChI is InChI=1S/C11H15NO3S/c1-7-3-2-4-9(11(7)12)16-6-8(13)5-10(14)15/h2-4,8,13H,5-6,12H2,1H3,(H,14,15). The first-order chi connectivity index (χ1) is 7.50. The van der Waals surface area contributed by atoms with Gasteiger partial charge in [0.05, 0.1) is 12.5 Å². The van der Waals surface area contributed by atoms with Crippen molar-refractivity contribution < 1.29 is 15.0 Å². The van der Waals surface area contributed by atoms with Crippen molar-refractivity contribution in [1.82, 2.24) is 0 Å². The smallest absolute Gasteiger partial charge is 0.306 e. The zero-order valence-electron chi connectivity index (χ0n) is 9.01. The van der Waals surface area contributed by atoms with Crippen molar-refractivity contribution >= 4 is 23.4 Å². The Morgan fingerprint density at radius 1 is 1.56 bits per heavy atom. The zero-order valence-corrected chi connectivity index (χ0v) is 9.83. The van der Waals surface area contributed by atoms with Crippen molar-refractivity contribution in [1.29, 1.82) is 0 Å². The van der Waals surface area contributed by atoms with Gasteiger partial charge in [-0.2, -0.15) is 0 Å². The topological polar surface area (TPSA) is 83.5 Å². The number of carboxylic acid groups (broad SMARTS) is 1. The van der Waals surface area contributed by atoms with E-state index in [4.69, 9.17) is 10.8 Å². The maximum Gasteiger partial charge on any atom is 0.306 e. The molecule has 4 nitrogen and oxygen atoms in total. The van der Waals surface area contributed by atoms with Crippen LogP contribution in [0.4, 0.5) is 5.69 Å². The molecular weight excluding hydrogens is 226 g/mol. The van der Waals surface area contributed by atoms with Gasteiger partial charge in [0.25, 0.3) is 0 Å². The highest BCUT2D eigenvalue weighted by Gasteiger charge is 2.11. The summed E-state index contributed by atoms with van der Waals surface area (Å²) >= 11 is 1.37. The van der Waals surface area contributed by atoms with Gasteiger partial charge in [-0.25, -0.2) is 0 Å². The lowest BCUT2D eigenvalue weighted by Crippen LogP contribution is -2.15. The Labute approximate surface area is 98.5 Å². The number of aryl methyl sites for hydroxylation is 1. The summed E-state index contributed by atoms with van der Waals surface area (Å²) in [6.45, 7) is 1.91. The van der Waals surface area contributed by atoms with Gasteiger partial charge >= 0.3 is 5.97 Å². The molecule has 16 heavy (non-hydrogen) atoms. The number of thioether (sulfide) groups is 1. The molecule has 0 fully saturated rings. The molecule has 1 rings (SSSR count). The maximum atomic E-state index is 10.3. The number of aliphatic hydroxyl groups is 1. The largest absolute Gasteiger partial charge is 0.481 e. The minimum Gasteiger partial charge on any atom is -0.481 e. The van der Waals surface area contributed by atoms with Gasteiger partial charge in [-0.3, -0.25) is 4.79 Å². The summed E-state index contributed by atoms with van der Waals surface area (Å²) in [5, 5.41) is 17.9. The summed E-state index contributed by atoms with van der Waals surface area (Å²) in [6, 6.07) is 5.66. The van der Waals surface area contributed by atoms with Crippen LogP contribution in [-0.4, -0.2) is 28.0 Å². The molecule has 0 bridgehead atoms. The Bertz CT molecular complexity index is 381. The Balaban J connectivity index is 2.54. The molecule has 1 unspecified atom stereocenters. The number of carboxylic acids is 1. The van der Waals surface area contributed by atoms with Crippen LogP contribution in [0.5, 0.6) is 0 Å². The molecule has 88 valence electrons. The number of hydrogen-bond acceptors (Lipinski definition) is 4. The Kier molecular flexibility index (Phi) is 4.64. The van der Waals surface area contributed by atoms with Crippen molar-refractivity contribution in [3.63, 3.8) is 0 Å². The second kappa shape index (κ2) is 5.77. The number of rotatable bonds is 5. The maximum absolute atomic E-state index is 10.3. The van der Waals surface area contributed by atoms with Crippen molar-refractivity contribution in [3.8, 4) is 0 Å². The predicted molar refractivity (Wildman–Crippen MR) is 64.6 cm³/mol. The summed E-state index contributed by atoms with van der Waals surface area (Å²) < 4.78 is 0. The summed E-state index contributed by atoms with van der Waals surface area (Å²) in [5.74, 6) is -0.662. The van der Waals surface area contributed by atoms with Crippen molar-refractivity contribution in [2.24, 2.45) is 0 Å². The van der Waals surface area contributed by atoms with Crippen LogP contribution in [0.1, 0.15) is 12.0 Å². The zero-order chi connectivity index (χ0) is 12.1. The van der Waals surface area contributed by atoms with Crippen LogP contribution in [0.3, 0.4) is 0 Å². The predicted octanol–water partition coefficient (Wildman–Crippen LogP) is 1.50. The van der Waals surface area contributed by atoms with Gasteiger partial charge in [-0.05, 0) is 18.6 Å². The van der Waals surface area contributed by atoms with Crippen LogP contribution in [-0.2, 0) is 4.79 Å². The van der Waals surface area contributed by atoms with Gasteiger partial charge in [0.2, 0.25) is 0 Å². The van der Waals surface area contributed by atoms with Crippen LogP contribution in [0.25, 0.3) is 0 Å². The molecule has 0 aliphatic carbocycles. The van der Waals surface area contributed by atoms with Gasteiger partial charge < -0.3 is 15.9 Å². The number of aliphatic hydroxyl groups excluding tert-OH is 1. The second-order valence-electron chi connectivity index (χ2n) is 3.55. The van der Waals surface area contributed by atoms with E-state index >= 15 is 0 Å². The summed E-state index contributed by atoms with van der Waals surface area (Å²) in [5.41, 5.74) is 7.53. The van der Waals surface area contributed by atoms with Crippen molar-refractivity contribution in [2.75, 3.05) is 11.5 Å². The van der Waals surface area contributed by atoms with Crippen LogP contribution in [0.2, 0.25) is 0 Å². The Hall–Kier alpha value is -1.20. The van der Waals surface area contributed by atoms with E-state index in [0.29, 0.717) is 11.4 Å². The third kappa shape index (κ3) is 3.75. The molecular formula is C11H15NO3S. The molecule has 0 aromatic heterocycles. The van der Waals surface area contributed by atoms with Crippen LogP contribution in [0, 0.1) is 6.92 Å². The highest BCUT2D eigenvalue weighted by Crippen LogP contribution is 2.28. The number of carbonyl (C=O) groups is 1. The van der Waals surface area contributed by atoms with Crippen LogP contribution >= 0.6 is 11.8 Å². The lowest BCUT2D eigenvalue weighted by atomic mass is 10.2. The Morgan fingerprint density at radius 2 is 2.25 bits per heavy atom. The molecule has 0 aliphatic heterocycles. The molecule has 0 aliphatic rings. The molecule has 0 amide bonds. The Morgan fingerprint density at radius 3 is 2.88 bits per heavy atom. The number of aliphatic carboxylic acids is 1. The molecule has 5 heteroatoms. The lowest BCUT2D eigenvalue weighted by molar-refractivity contribution is -0.138. The molecule has 1 aromatic rings. The highest BCUT2D eigenvalue weighted by atomic mass is 32.2. The quantitative estimate of drug-likeness (QED) is 0.537. The fourth-order valence-electron chi connectivity index (χ4n) is 1.23. The molecule has 1 aromatic carbocycles. The third-order valence-corrected chi connectivity index (χ3v) is 3.34. The van der Waals surface area contributed by atoms with E-state index in [9.17, 15) is 9.90 Å². The number of para-hydroxylation sites is 1. The van der Waals surface area contributed by atoms with E-state index in [1.54, 1.807) is 0 Å². The fraction of sp³-hybridized carbons (Fsp3) is 0.364. The second-order valence-corrected chi connectivity index (χ2v) is 4.61.